The predicted octanol–water partition coefficient (Wildman–Crippen LogP) is 2.29. The summed E-state index contributed by atoms with van der Waals surface area (Å²) < 4.78 is 14.0. The summed E-state index contributed by atoms with van der Waals surface area (Å²) in [6.45, 7) is 1.48. The van der Waals surface area contributed by atoms with Gasteiger partial charge in [-0.1, -0.05) is 12.1 Å². The fraction of sp³-hybridized carbons (Fsp3) is 0.462. The van der Waals surface area contributed by atoms with Crippen LogP contribution in [0.25, 0.3) is 0 Å². The second-order valence-corrected chi connectivity index (χ2v) is 5.26. The Kier molecular flexibility index (Phi) is 6.15. The van der Waals surface area contributed by atoms with Crippen molar-refractivity contribution in [1.82, 2.24) is 4.90 Å². The minimum Gasteiger partial charge on any atom is -0.384 e. The van der Waals surface area contributed by atoms with Crippen molar-refractivity contribution in [2.24, 2.45) is 5.73 Å². The van der Waals surface area contributed by atoms with Crippen LogP contribution < -0.4 is 5.73 Å². The Hall–Kier alpha value is -1.07. The molecule has 18 heavy (non-hydrogen) atoms. The van der Waals surface area contributed by atoms with Crippen molar-refractivity contribution in [2.45, 2.75) is 13.0 Å². The molecule has 100 valence electrons. The highest BCUT2D eigenvalue weighted by Crippen LogP contribution is 2.14. The highest BCUT2D eigenvalue weighted by Gasteiger charge is 2.11. The van der Waals surface area contributed by atoms with Gasteiger partial charge >= 0.3 is 0 Å². The molecule has 3 nitrogen and oxygen atoms in total. The van der Waals surface area contributed by atoms with Crippen LogP contribution in [0.3, 0.4) is 0 Å². The molecular formula is C13H20FN3S. The Morgan fingerprint density at radius 3 is 2.83 bits per heavy atom. The molecule has 5 heteroatoms. The second-order valence-electron chi connectivity index (χ2n) is 4.28. The molecule has 1 aromatic rings. The van der Waals surface area contributed by atoms with Crippen LogP contribution in [-0.4, -0.2) is 36.3 Å². The van der Waals surface area contributed by atoms with Gasteiger partial charge in [0.25, 0.3) is 0 Å². The summed E-state index contributed by atoms with van der Waals surface area (Å²) >= 11 is 1.81. The molecule has 0 atom stereocenters. The third-order valence-electron chi connectivity index (χ3n) is 2.70. The van der Waals surface area contributed by atoms with Gasteiger partial charge in [-0.3, -0.25) is 5.41 Å². The smallest absolute Gasteiger partial charge is 0.138 e. The van der Waals surface area contributed by atoms with Gasteiger partial charge in [0.2, 0.25) is 0 Å². The Labute approximate surface area is 112 Å². The first-order valence-corrected chi connectivity index (χ1v) is 7.25. The zero-order valence-electron chi connectivity index (χ0n) is 10.9. The molecule has 0 radical (unpaired) electrons. The van der Waals surface area contributed by atoms with Gasteiger partial charge in [-0.05, 0) is 38.1 Å². The predicted molar refractivity (Wildman–Crippen MR) is 76.7 cm³/mol. The van der Waals surface area contributed by atoms with Crippen LogP contribution in [0.1, 0.15) is 17.5 Å². The number of thioether (sulfide) groups is 1. The van der Waals surface area contributed by atoms with Crippen molar-refractivity contribution in [2.75, 3.05) is 25.6 Å². The first-order valence-electron chi connectivity index (χ1n) is 5.85. The van der Waals surface area contributed by atoms with Gasteiger partial charge in [0.05, 0.1) is 5.56 Å². The molecule has 0 aliphatic rings. The van der Waals surface area contributed by atoms with Gasteiger partial charge < -0.3 is 10.6 Å². The second kappa shape index (κ2) is 7.38. The molecule has 0 aliphatic heterocycles. The fourth-order valence-electron chi connectivity index (χ4n) is 1.76. The zero-order chi connectivity index (χ0) is 13.5. The van der Waals surface area contributed by atoms with E-state index in [4.69, 9.17) is 11.1 Å². The van der Waals surface area contributed by atoms with E-state index in [9.17, 15) is 4.39 Å². The molecule has 0 bridgehead atoms. The number of nitrogens with two attached hydrogens (primary N) is 1. The van der Waals surface area contributed by atoms with E-state index in [1.165, 1.54) is 6.07 Å². The molecule has 0 aromatic heterocycles. The molecule has 0 fully saturated rings. The first kappa shape index (κ1) is 15.0. The Morgan fingerprint density at radius 1 is 1.50 bits per heavy atom. The van der Waals surface area contributed by atoms with Crippen LogP contribution in [-0.2, 0) is 6.54 Å². The molecular weight excluding hydrogens is 249 g/mol. The van der Waals surface area contributed by atoms with Gasteiger partial charge in [0.1, 0.15) is 11.7 Å². The average Bonchev–Trinajstić information content (AvgIpc) is 2.32. The van der Waals surface area contributed by atoms with E-state index in [-0.39, 0.29) is 17.2 Å². The van der Waals surface area contributed by atoms with Crippen LogP contribution in [0.2, 0.25) is 0 Å². The normalized spacial score (nSPS) is 10.9. The maximum absolute atomic E-state index is 14.0. The van der Waals surface area contributed by atoms with Crippen molar-refractivity contribution in [3.63, 3.8) is 0 Å². The Morgan fingerprint density at radius 2 is 2.22 bits per heavy atom. The summed E-state index contributed by atoms with van der Waals surface area (Å²) in [6, 6.07) is 5.02. The van der Waals surface area contributed by atoms with Gasteiger partial charge in [-0.2, -0.15) is 11.8 Å². The Bertz CT molecular complexity index is 409. The van der Waals surface area contributed by atoms with E-state index in [0.717, 1.165) is 18.7 Å². The molecule has 0 aliphatic carbocycles. The molecule has 0 saturated carbocycles. The van der Waals surface area contributed by atoms with Crippen molar-refractivity contribution in [3.8, 4) is 0 Å². The molecule has 3 N–H and O–H groups in total. The van der Waals surface area contributed by atoms with E-state index >= 15 is 0 Å². The van der Waals surface area contributed by atoms with Crippen molar-refractivity contribution >= 4 is 17.6 Å². The van der Waals surface area contributed by atoms with Crippen LogP contribution in [0.15, 0.2) is 18.2 Å². The third-order valence-corrected chi connectivity index (χ3v) is 3.39. The monoisotopic (exact) mass is 269 g/mol. The third kappa shape index (κ3) is 4.31. The lowest BCUT2D eigenvalue weighted by molar-refractivity contribution is 0.323. The zero-order valence-corrected chi connectivity index (χ0v) is 11.7. The van der Waals surface area contributed by atoms with Gasteiger partial charge in [0, 0.05) is 12.1 Å². The maximum Gasteiger partial charge on any atom is 0.138 e. The standard InChI is InChI=1S/C13H20FN3S/c1-17(7-4-8-18-2)9-10-5-3-6-11(12(10)14)13(15)16/h3,5-6H,4,7-9H2,1-2H3,(H3,15,16). The fourth-order valence-corrected chi connectivity index (χ4v) is 2.18. The largest absolute Gasteiger partial charge is 0.384 e. The highest BCUT2D eigenvalue weighted by atomic mass is 32.2. The lowest BCUT2D eigenvalue weighted by Gasteiger charge is -2.17. The highest BCUT2D eigenvalue weighted by molar-refractivity contribution is 7.98. The number of hydrogen-bond acceptors (Lipinski definition) is 3. The number of halogens is 1. The van der Waals surface area contributed by atoms with Crippen molar-refractivity contribution < 1.29 is 4.39 Å². The van der Waals surface area contributed by atoms with E-state index in [1.807, 2.05) is 18.8 Å². The topological polar surface area (TPSA) is 53.1 Å². The van der Waals surface area contributed by atoms with Crippen LogP contribution >= 0.6 is 11.8 Å². The average molecular weight is 269 g/mol. The molecule has 0 amide bonds. The summed E-state index contributed by atoms with van der Waals surface area (Å²) in [4.78, 5) is 2.08. The summed E-state index contributed by atoms with van der Waals surface area (Å²) in [5, 5.41) is 7.31. The molecule has 0 unspecified atom stereocenters. The van der Waals surface area contributed by atoms with E-state index in [1.54, 1.807) is 12.1 Å². The minimum absolute atomic E-state index is 0.185. The summed E-state index contributed by atoms with van der Waals surface area (Å²) in [7, 11) is 1.97. The number of rotatable bonds is 7. The maximum atomic E-state index is 14.0. The van der Waals surface area contributed by atoms with Gasteiger partial charge in [-0.15, -0.1) is 0 Å². The van der Waals surface area contributed by atoms with Crippen molar-refractivity contribution in [3.05, 3.63) is 35.1 Å². The molecule has 0 saturated heterocycles. The van der Waals surface area contributed by atoms with Crippen LogP contribution in [0.4, 0.5) is 4.39 Å². The summed E-state index contributed by atoms with van der Waals surface area (Å²) in [5.74, 6) is 0.515. The number of nitrogens with one attached hydrogen (secondary N) is 1. The van der Waals surface area contributed by atoms with Crippen LogP contribution in [0, 0.1) is 11.2 Å². The lowest BCUT2D eigenvalue weighted by Crippen LogP contribution is -2.21. The molecule has 1 rings (SSSR count). The number of amidine groups is 1. The molecule has 1 aromatic carbocycles. The van der Waals surface area contributed by atoms with Gasteiger partial charge in [0.15, 0.2) is 0 Å². The number of nitrogens with zero attached hydrogens (tertiary/aromatic N) is 1. The Balaban J connectivity index is 2.67. The van der Waals surface area contributed by atoms with Gasteiger partial charge in [-0.25, -0.2) is 4.39 Å². The summed E-state index contributed by atoms with van der Waals surface area (Å²) in [6.07, 6.45) is 3.17. The first-order chi connectivity index (χ1) is 8.56. The van der Waals surface area contributed by atoms with E-state index < -0.39 is 0 Å². The number of benzene rings is 1. The molecule has 0 spiro atoms. The van der Waals surface area contributed by atoms with E-state index in [2.05, 4.69) is 11.2 Å². The lowest BCUT2D eigenvalue weighted by atomic mass is 10.1. The van der Waals surface area contributed by atoms with E-state index in [0.29, 0.717) is 12.1 Å². The quantitative estimate of drug-likeness (QED) is 0.454. The number of hydrogen-bond donors (Lipinski definition) is 2. The van der Waals surface area contributed by atoms with Crippen LogP contribution in [0.5, 0.6) is 0 Å². The van der Waals surface area contributed by atoms with Crippen molar-refractivity contribution in [1.29, 1.82) is 5.41 Å². The summed E-state index contributed by atoms with van der Waals surface area (Å²) in [5.41, 5.74) is 6.12. The molecule has 0 heterocycles. The number of nitrogen functional groups attached to an aromatic ring is 1. The SMILES string of the molecule is CSCCCN(C)Cc1cccc(C(=N)N)c1F. The minimum atomic E-state index is -0.373.